The van der Waals surface area contributed by atoms with Crippen LogP contribution in [0.25, 0.3) is 0 Å². The summed E-state index contributed by atoms with van der Waals surface area (Å²) >= 11 is 2.20. The number of aldehydes is 4. The Labute approximate surface area is 156 Å². The summed E-state index contributed by atoms with van der Waals surface area (Å²) in [5.41, 5.74) is -14.7. The molecule has 10 nitrogen and oxygen atoms in total. The number of carbonyl (C=O) groups excluding carboxylic acids is 5. The zero-order valence-electron chi connectivity index (χ0n) is 16.7. The summed E-state index contributed by atoms with van der Waals surface area (Å²) in [6.07, 6.45) is -13.7. The molecule has 11 heteroatoms. The summed E-state index contributed by atoms with van der Waals surface area (Å²) in [5, 5.41) is 52.9. The van der Waals surface area contributed by atoms with E-state index in [1.165, 1.54) is 0 Å². The summed E-state index contributed by atoms with van der Waals surface area (Å²) in [5.74, 6) is 0. The van der Waals surface area contributed by atoms with Gasteiger partial charge in [0.05, 0.1) is 6.61 Å². The molecule has 0 spiro atoms. The van der Waals surface area contributed by atoms with Crippen molar-refractivity contribution in [2.45, 2.75) is 48.1 Å². The van der Waals surface area contributed by atoms with Crippen molar-refractivity contribution in [3.05, 3.63) is 0 Å². The summed E-state index contributed by atoms with van der Waals surface area (Å²) in [7, 11) is 0. The van der Waals surface area contributed by atoms with Crippen LogP contribution >= 0.6 is 15.9 Å². The molecule has 0 bridgehead atoms. The molecule has 0 unspecified atom stereocenters. The molecule has 0 radical (unpaired) electrons. The van der Waals surface area contributed by atoms with Gasteiger partial charge in [-0.3, -0.25) is 4.79 Å². The van der Waals surface area contributed by atoms with Gasteiger partial charge >= 0.3 is 0 Å². The lowest BCUT2D eigenvalue weighted by molar-refractivity contribution is -0.295. The molecular formula is C14H19BrO10. The van der Waals surface area contributed by atoms with Crippen LogP contribution in [0.1, 0.15) is 31.2 Å². The Morgan fingerprint density at radius 2 is 1.24 bits per heavy atom. The van der Waals surface area contributed by atoms with E-state index in [1.807, 2.05) is 0 Å². The average Bonchev–Trinajstić information content (AvgIpc) is 2.51. The number of hydrogen-bond donors (Lipinski definition) is 5. The van der Waals surface area contributed by atoms with Crippen LogP contribution in [0.4, 0.5) is 0 Å². The third-order valence-corrected chi connectivity index (χ3v) is 4.73. The highest BCUT2D eigenvalue weighted by Gasteiger charge is 2.70. The van der Waals surface area contributed by atoms with Crippen LogP contribution in [0.15, 0.2) is 0 Å². The largest absolute Gasteiger partial charge is 0.393 e. The molecule has 0 saturated carbocycles. The molecule has 0 amide bonds. The second-order valence-electron chi connectivity index (χ2n) is 5.33. The molecule has 142 valence electrons. The lowest BCUT2D eigenvalue weighted by Gasteiger charge is -2.55. The molecule has 0 aliphatic carbocycles. The van der Waals surface area contributed by atoms with E-state index in [0.717, 1.165) is 0 Å². The van der Waals surface area contributed by atoms with Crippen molar-refractivity contribution < 1.29 is 55.0 Å². The predicted octanol–water partition coefficient (Wildman–Crippen LogP) is -2.82. The van der Waals surface area contributed by atoms with Crippen LogP contribution in [-0.2, 0) is 24.0 Å². The molecule has 0 heterocycles. The number of halogens is 1. The van der Waals surface area contributed by atoms with Gasteiger partial charge in [0.1, 0.15) is 47.3 Å². The van der Waals surface area contributed by atoms with Crippen LogP contribution in [-0.4, -0.2) is 84.3 Å². The summed E-state index contributed by atoms with van der Waals surface area (Å²) in [4.78, 5) is 57.3. The third-order valence-electron chi connectivity index (χ3n) is 4.07. The second-order valence-corrected chi connectivity index (χ2v) is 6.05. The maximum Gasteiger partial charge on any atom is 0.232 e. The normalized spacial score (nSPS) is 23.1. The first-order valence-electron chi connectivity index (χ1n) is 8.60. The monoisotopic (exact) mass is 430 g/mol. The molecule has 0 aromatic heterocycles. The van der Waals surface area contributed by atoms with Gasteiger partial charge in [-0.05, 0) is 15.9 Å². The lowest BCUT2D eigenvalue weighted by Crippen LogP contribution is -2.78. The first kappa shape index (κ1) is 17.1. The van der Waals surface area contributed by atoms with E-state index in [2.05, 4.69) is 15.9 Å². The molecule has 0 aromatic rings. The smallest absolute Gasteiger partial charge is 0.232 e. The Hall–Kier alpha value is -1.37. The number of carbonyl (C=O) groups is 5. The number of aliphatic hydroxyl groups excluding tert-OH is 1. The quantitative estimate of drug-likeness (QED) is 0.150. The molecule has 0 aliphatic rings. The number of rotatable bonds is 13. The topological polar surface area (TPSA) is 186 Å². The summed E-state index contributed by atoms with van der Waals surface area (Å²) in [6, 6.07) is 0. The Balaban J connectivity index is 7.29. The maximum absolute atomic E-state index is 12.0. The Morgan fingerprint density at radius 3 is 1.56 bits per heavy atom. The van der Waals surface area contributed by atoms with Crippen molar-refractivity contribution in [1.29, 1.82) is 0 Å². The first-order valence-corrected chi connectivity index (χ1v) is 7.40. The molecule has 0 saturated heterocycles. The average molecular weight is 431 g/mol. The Morgan fingerprint density at radius 1 is 0.840 bits per heavy atom. The minimum atomic E-state index is -3.86. The molecule has 4 atom stereocenters. The minimum absolute atomic E-state index is 1.52. The molecule has 25 heavy (non-hydrogen) atoms. The van der Waals surface area contributed by atoms with Crippen molar-refractivity contribution in [3.63, 3.8) is 0 Å². The SMILES string of the molecule is [2H]C(=O)C[C@@](O)(CO)[C@@](O)(CC([2H])=O)[C@@](O)(CC([2H])=O)[C@](O)(CC([2H])=O)C(=O)Br. The predicted molar refractivity (Wildman–Crippen MR) is 83.5 cm³/mol. The van der Waals surface area contributed by atoms with Gasteiger partial charge in [-0.15, -0.1) is 0 Å². The fourth-order valence-corrected chi connectivity index (χ4v) is 2.94. The fraction of sp³-hybridized carbons (Fsp3) is 0.643. The van der Waals surface area contributed by atoms with Gasteiger partial charge in [-0.1, -0.05) is 0 Å². The summed E-state index contributed by atoms with van der Waals surface area (Å²) < 4.78 is 26.2. The standard InChI is InChI=1S/C14H19BrO10/c15-10(21)12(23,2-6-17)14(25,4-8-19)13(24,3-7-18)11(22,9-20)1-5-16/h5-8,20,22-25H,1-4,9H2/t11-,12+,13+,14-/m1/s1/i5D,6D,7D,8D. The zero-order chi connectivity index (χ0) is 23.4. The van der Waals surface area contributed by atoms with Crippen LogP contribution in [0.5, 0.6) is 0 Å². The van der Waals surface area contributed by atoms with Crippen molar-refractivity contribution in [1.82, 2.24) is 0 Å². The highest BCUT2D eigenvalue weighted by Crippen LogP contribution is 2.47. The minimum Gasteiger partial charge on any atom is -0.393 e. The van der Waals surface area contributed by atoms with Gasteiger partial charge in [0, 0.05) is 25.7 Å². The molecule has 0 rings (SSSR count). The second kappa shape index (κ2) is 8.83. The zero-order valence-corrected chi connectivity index (χ0v) is 14.3. The third kappa shape index (κ3) is 3.76. The molecule has 0 aromatic carbocycles. The van der Waals surface area contributed by atoms with Crippen LogP contribution in [0.2, 0.25) is 0 Å². The molecule has 5 N–H and O–H groups in total. The number of hydrogen-bond acceptors (Lipinski definition) is 10. The van der Waals surface area contributed by atoms with Crippen molar-refractivity contribution in [3.8, 4) is 0 Å². The van der Waals surface area contributed by atoms with Gasteiger partial charge in [-0.2, -0.15) is 0 Å². The summed E-state index contributed by atoms with van der Waals surface area (Å²) in [6.45, 7) is -1.70. The Kier molecular flexibility index (Phi) is 6.03. The van der Waals surface area contributed by atoms with E-state index in [1.54, 1.807) is 0 Å². The van der Waals surface area contributed by atoms with Gasteiger partial charge in [0.25, 0.3) is 0 Å². The van der Waals surface area contributed by atoms with Gasteiger partial charge in [-0.25, -0.2) is 0 Å². The first-order chi connectivity index (χ1) is 12.9. The fourth-order valence-electron chi connectivity index (χ4n) is 2.47. The van der Waals surface area contributed by atoms with E-state index in [9.17, 15) is 49.5 Å². The highest BCUT2D eigenvalue weighted by molar-refractivity contribution is 9.18. The number of aliphatic hydroxyl groups is 5. The van der Waals surface area contributed by atoms with E-state index in [4.69, 9.17) is 5.48 Å². The molecule has 0 fully saturated rings. The van der Waals surface area contributed by atoms with Crippen LogP contribution < -0.4 is 0 Å². The maximum atomic E-state index is 12.0. The van der Waals surface area contributed by atoms with Crippen molar-refractivity contribution in [2.24, 2.45) is 0 Å². The molecule has 0 aliphatic heterocycles. The van der Waals surface area contributed by atoms with Crippen molar-refractivity contribution in [2.75, 3.05) is 6.61 Å². The van der Waals surface area contributed by atoms with Gasteiger partial charge in [0.15, 0.2) is 5.60 Å². The van der Waals surface area contributed by atoms with Crippen LogP contribution in [0.3, 0.4) is 0 Å². The van der Waals surface area contributed by atoms with E-state index in [0.29, 0.717) is 0 Å². The highest BCUT2D eigenvalue weighted by atomic mass is 79.9. The van der Waals surface area contributed by atoms with E-state index >= 15 is 0 Å². The van der Waals surface area contributed by atoms with Gasteiger partial charge in [0.2, 0.25) is 4.69 Å². The van der Waals surface area contributed by atoms with Gasteiger partial charge < -0.3 is 44.7 Å². The van der Waals surface area contributed by atoms with Crippen LogP contribution in [0, 0.1) is 0 Å². The van der Waals surface area contributed by atoms with Crippen molar-refractivity contribution >= 4 is 45.7 Å². The lowest BCUT2D eigenvalue weighted by atomic mass is 9.60. The molecular weight excluding hydrogens is 408 g/mol. The van der Waals surface area contributed by atoms with E-state index in [-0.39, 0.29) is 0 Å². The Bertz CT molecular complexity index is 721. The van der Waals surface area contributed by atoms with E-state index < -0.39 is 84.4 Å².